The van der Waals surface area contributed by atoms with E-state index in [-0.39, 0.29) is 18.4 Å². The van der Waals surface area contributed by atoms with Crippen molar-refractivity contribution in [2.75, 3.05) is 18.5 Å². The summed E-state index contributed by atoms with van der Waals surface area (Å²) in [6.45, 7) is 5.00. The molecular weight excluding hydrogens is 304 g/mol. The first-order valence-corrected chi connectivity index (χ1v) is 7.92. The van der Waals surface area contributed by atoms with Crippen molar-refractivity contribution in [3.05, 3.63) is 65.2 Å². The fourth-order valence-electron chi connectivity index (χ4n) is 2.23. The minimum absolute atomic E-state index is 0.132. The number of amides is 1. The first-order valence-electron chi connectivity index (χ1n) is 7.92. The van der Waals surface area contributed by atoms with Crippen LogP contribution in [0.25, 0.3) is 0 Å². The van der Waals surface area contributed by atoms with E-state index in [2.05, 4.69) is 10.6 Å². The summed E-state index contributed by atoms with van der Waals surface area (Å²) >= 11 is 0. The van der Waals surface area contributed by atoms with E-state index in [0.717, 1.165) is 0 Å². The summed E-state index contributed by atoms with van der Waals surface area (Å²) in [6, 6.07) is 14.7. The van der Waals surface area contributed by atoms with Crippen LogP contribution >= 0.6 is 0 Å². The second-order valence-electron chi connectivity index (χ2n) is 5.38. The van der Waals surface area contributed by atoms with E-state index in [1.807, 2.05) is 31.2 Å². The molecule has 0 fully saturated rings. The second kappa shape index (κ2) is 8.84. The molecule has 0 aliphatic heterocycles. The van der Waals surface area contributed by atoms with Gasteiger partial charge in [0.25, 0.3) is 0 Å². The van der Waals surface area contributed by atoms with Crippen LogP contribution in [-0.2, 0) is 16.1 Å². The normalized spacial score (nSPS) is 10.2. The van der Waals surface area contributed by atoms with Gasteiger partial charge >= 0.3 is 5.97 Å². The molecule has 5 heteroatoms. The van der Waals surface area contributed by atoms with Crippen molar-refractivity contribution in [3.8, 4) is 0 Å². The predicted molar refractivity (Wildman–Crippen MR) is 93.9 cm³/mol. The number of nitrogens with one attached hydrogen (secondary N) is 2. The minimum Gasteiger partial charge on any atom is -0.462 e. The van der Waals surface area contributed by atoms with Crippen molar-refractivity contribution in [1.29, 1.82) is 0 Å². The lowest BCUT2D eigenvalue weighted by Crippen LogP contribution is -2.27. The Hall–Kier alpha value is -2.66. The average Bonchev–Trinajstić information content (AvgIpc) is 2.57. The van der Waals surface area contributed by atoms with Crippen LogP contribution in [0.2, 0.25) is 0 Å². The Morgan fingerprint density at radius 1 is 1.04 bits per heavy atom. The maximum absolute atomic E-state index is 11.9. The highest BCUT2D eigenvalue weighted by Gasteiger charge is 2.07. The molecule has 0 bridgehead atoms. The summed E-state index contributed by atoms with van der Waals surface area (Å²) in [6.07, 6.45) is 0. The molecule has 0 saturated heterocycles. The smallest absolute Gasteiger partial charge is 0.338 e. The van der Waals surface area contributed by atoms with Crippen molar-refractivity contribution < 1.29 is 14.3 Å². The molecule has 0 aliphatic carbocycles. The zero-order valence-corrected chi connectivity index (χ0v) is 14.0. The third-order valence-corrected chi connectivity index (χ3v) is 3.54. The quantitative estimate of drug-likeness (QED) is 0.768. The maximum Gasteiger partial charge on any atom is 0.338 e. The number of aryl methyl sites for hydroxylation is 1. The van der Waals surface area contributed by atoms with Gasteiger partial charge in [0.05, 0.1) is 18.7 Å². The number of anilines is 1. The molecule has 2 rings (SSSR count). The molecule has 0 spiro atoms. The molecule has 0 unspecified atom stereocenters. The molecule has 0 aliphatic rings. The van der Waals surface area contributed by atoms with E-state index in [0.29, 0.717) is 24.4 Å². The van der Waals surface area contributed by atoms with Crippen LogP contribution in [-0.4, -0.2) is 25.0 Å². The van der Waals surface area contributed by atoms with Crippen LogP contribution in [0.15, 0.2) is 48.5 Å². The highest BCUT2D eigenvalue weighted by atomic mass is 16.5. The topological polar surface area (TPSA) is 67.4 Å². The van der Waals surface area contributed by atoms with Gasteiger partial charge < -0.3 is 15.4 Å². The highest BCUT2D eigenvalue weighted by molar-refractivity contribution is 5.94. The number of benzene rings is 2. The monoisotopic (exact) mass is 326 g/mol. The van der Waals surface area contributed by atoms with Gasteiger partial charge in [0.2, 0.25) is 5.91 Å². The molecule has 5 nitrogen and oxygen atoms in total. The summed E-state index contributed by atoms with van der Waals surface area (Å²) in [7, 11) is 0. The van der Waals surface area contributed by atoms with Gasteiger partial charge in [0.1, 0.15) is 0 Å². The zero-order valence-electron chi connectivity index (χ0n) is 14.0. The Morgan fingerprint density at radius 3 is 2.42 bits per heavy atom. The number of ether oxygens (including phenoxy) is 1. The van der Waals surface area contributed by atoms with Crippen LogP contribution in [0.3, 0.4) is 0 Å². The third-order valence-electron chi connectivity index (χ3n) is 3.54. The third kappa shape index (κ3) is 5.21. The molecule has 1 amide bonds. The minimum atomic E-state index is -0.365. The molecule has 24 heavy (non-hydrogen) atoms. The van der Waals surface area contributed by atoms with E-state index in [9.17, 15) is 9.59 Å². The number of carbonyl (C=O) groups is 2. The molecule has 0 radical (unpaired) electrons. The Balaban J connectivity index is 1.80. The number of esters is 1. The first kappa shape index (κ1) is 17.7. The van der Waals surface area contributed by atoms with Gasteiger partial charge in [0.15, 0.2) is 0 Å². The van der Waals surface area contributed by atoms with E-state index in [1.165, 1.54) is 11.1 Å². The van der Waals surface area contributed by atoms with Crippen LogP contribution in [0.1, 0.15) is 28.4 Å². The Kier molecular flexibility index (Phi) is 6.51. The molecular formula is C19H22N2O3. The molecule has 0 atom stereocenters. The summed E-state index contributed by atoms with van der Waals surface area (Å²) < 4.78 is 4.92. The molecule has 0 heterocycles. The number of rotatable bonds is 7. The van der Waals surface area contributed by atoms with E-state index >= 15 is 0 Å². The van der Waals surface area contributed by atoms with E-state index in [1.54, 1.807) is 31.2 Å². The van der Waals surface area contributed by atoms with Crippen LogP contribution in [0.4, 0.5) is 5.69 Å². The Morgan fingerprint density at radius 2 is 1.75 bits per heavy atom. The lowest BCUT2D eigenvalue weighted by molar-refractivity contribution is -0.115. The summed E-state index contributed by atoms with van der Waals surface area (Å²) in [5, 5.41) is 5.91. The predicted octanol–water partition coefficient (Wildman–Crippen LogP) is 2.90. The van der Waals surface area contributed by atoms with Crippen molar-refractivity contribution >= 4 is 17.6 Å². The van der Waals surface area contributed by atoms with Gasteiger partial charge in [-0.25, -0.2) is 4.79 Å². The van der Waals surface area contributed by atoms with Crippen molar-refractivity contribution in [2.24, 2.45) is 0 Å². The average molecular weight is 326 g/mol. The van der Waals surface area contributed by atoms with E-state index < -0.39 is 0 Å². The van der Waals surface area contributed by atoms with Crippen LogP contribution in [0.5, 0.6) is 0 Å². The molecule has 126 valence electrons. The van der Waals surface area contributed by atoms with Crippen LogP contribution < -0.4 is 10.6 Å². The van der Waals surface area contributed by atoms with Crippen molar-refractivity contribution in [2.45, 2.75) is 20.4 Å². The van der Waals surface area contributed by atoms with Gasteiger partial charge in [-0.1, -0.05) is 24.3 Å². The molecule has 2 N–H and O–H groups in total. The summed E-state index contributed by atoms with van der Waals surface area (Å²) in [4.78, 5) is 23.5. The van der Waals surface area contributed by atoms with Crippen molar-refractivity contribution in [3.63, 3.8) is 0 Å². The van der Waals surface area contributed by atoms with Crippen molar-refractivity contribution in [1.82, 2.24) is 5.32 Å². The number of hydrogen-bond donors (Lipinski definition) is 2. The highest BCUT2D eigenvalue weighted by Crippen LogP contribution is 2.10. The summed E-state index contributed by atoms with van der Waals surface area (Å²) in [5.74, 6) is -0.497. The van der Waals surface area contributed by atoms with E-state index in [4.69, 9.17) is 4.74 Å². The SMILES string of the molecule is CCOC(=O)c1ccc(NC(=O)CNCc2ccccc2C)cc1. The second-order valence-corrected chi connectivity index (χ2v) is 5.38. The lowest BCUT2D eigenvalue weighted by Gasteiger charge is -2.09. The Bertz CT molecular complexity index is 696. The summed E-state index contributed by atoms with van der Waals surface area (Å²) in [5.41, 5.74) is 3.47. The van der Waals surface area contributed by atoms with Gasteiger partial charge in [-0.3, -0.25) is 4.79 Å². The molecule has 0 aromatic heterocycles. The largest absolute Gasteiger partial charge is 0.462 e. The zero-order chi connectivity index (χ0) is 17.4. The van der Waals surface area contributed by atoms with Gasteiger partial charge in [-0.2, -0.15) is 0 Å². The molecule has 2 aromatic carbocycles. The number of hydrogen-bond acceptors (Lipinski definition) is 4. The number of carbonyl (C=O) groups excluding carboxylic acids is 2. The van der Waals surface area contributed by atoms with Gasteiger partial charge in [-0.05, 0) is 49.2 Å². The molecule has 0 saturated carbocycles. The first-order chi connectivity index (χ1) is 11.6. The van der Waals surface area contributed by atoms with Gasteiger partial charge in [0, 0.05) is 12.2 Å². The fourth-order valence-corrected chi connectivity index (χ4v) is 2.23. The molecule has 2 aromatic rings. The standard InChI is InChI=1S/C19H22N2O3/c1-3-24-19(23)15-8-10-17(11-9-15)21-18(22)13-20-12-16-7-5-4-6-14(16)2/h4-11,20H,3,12-13H2,1-2H3,(H,21,22). The Labute approximate surface area is 142 Å². The lowest BCUT2D eigenvalue weighted by atomic mass is 10.1. The fraction of sp³-hybridized carbons (Fsp3) is 0.263. The van der Waals surface area contributed by atoms with Crippen LogP contribution in [0, 0.1) is 6.92 Å². The van der Waals surface area contributed by atoms with Gasteiger partial charge in [-0.15, -0.1) is 0 Å². The maximum atomic E-state index is 11.9.